The van der Waals surface area contributed by atoms with Crippen LogP contribution in [0.1, 0.15) is 37.7 Å². The van der Waals surface area contributed by atoms with Crippen molar-refractivity contribution in [3.8, 4) is 0 Å². The Bertz CT molecular complexity index is 319. The maximum Gasteiger partial charge on any atom is 0.115 e. The molecule has 2 N–H and O–H groups in total. The van der Waals surface area contributed by atoms with Gasteiger partial charge in [0.05, 0.1) is 5.69 Å². The van der Waals surface area contributed by atoms with E-state index in [1.165, 1.54) is 37.7 Å². The molecule has 14 heavy (non-hydrogen) atoms. The molecule has 2 rings (SSSR count). The van der Waals surface area contributed by atoms with Crippen LogP contribution in [0.25, 0.3) is 0 Å². The van der Waals surface area contributed by atoms with Gasteiger partial charge in [0.1, 0.15) is 7.85 Å². The molecule has 0 radical (unpaired) electrons. The van der Waals surface area contributed by atoms with E-state index in [1.54, 1.807) is 6.20 Å². The predicted molar refractivity (Wildman–Crippen MR) is 62.0 cm³/mol. The van der Waals surface area contributed by atoms with Crippen LogP contribution in [0.3, 0.4) is 0 Å². The third-order valence-corrected chi connectivity index (χ3v) is 3.46. The summed E-state index contributed by atoms with van der Waals surface area (Å²) in [4.78, 5) is 4.05. The summed E-state index contributed by atoms with van der Waals surface area (Å²) in [7, 11) is 2.33. The number of pyridine rings is 1. The molecule has 1 aromatic heterocycles. The molecule has 74 valence electrons. The van der Waals surface area contributed by atoms with E-state index >= 15 is 0 Å². The molecule has 0 atom stereocenters. The quantitative estimate of drug-likeness (QED) is 0.677. The highest BCUT2D eigenvalue weighted by molar-refractivity contribution is 6.16. The summed E-state index contributed by atoms with van der Waals surface area (Å²) in [5.41, 5.74) is 8.13. The molecule has 0 spiro atoms. The van der Waals surface area contributed by atoms with Crippen LogP contribution in [-0.4, -0.2) is 12.8 Å². The standard InChI is InChI=1S/C11H17BN2/c12-11(5-2-1-3-6-11)9-4-7-14-8-10(9)13/h4,7-8H,1-3,5-6,12-13H2. The topological polar surface area (TPSA) is 38.9 Å². The lowest BCUT2D eigenvalue weighted by molar-refractivity contribution is 0.399. The van der Waals surface area contributed by atoms with E-state index in [9.17, 15) is 0 Å². The molecule has 1 saturated carbocycles. The van der Waals surface area contributed by atoms with Crippen molar-refractivity contribution in [1.29, 1.82) is 0 Å². The first-order valence-electron chi connectivity index (χ1n) is 5.42. The van der Waals surface area contributed by atoms with E-state index in [2.05, 4.69) is 18.9 Å². The Morgan fingerprint density at radius 3 is 2.64 bits per heavy atom. The molecule has 1 aliphatic rings. The maximum absolute atomic E-state index is 5.97. The zero-order chi connectivity index (χ0) is 10.0. The van der Waals surface area contributed by atoms with E-state index in [-0.39, 0.29) is 0 Å². The highest BCUT2D eigenvalue weighted by Crippen LogP contribution is 2.38. The molecule has 0 aliphatic heterocycles. The first kappa shape index (κ1) is 9.57. The molecule has 3 heteroatoms. The monoisotopic (exact) mass is 188 g/mol. The number of aromatic nitrogens is 1. The van der Waals surface area contributed by atoms with Gasteiger partial charge in [0.2, 0.25) is 0 Å². The Morgan fingerprint density at radius 1 is 1.29 bits per heavy atom. The van der Waals surface area contributed by atoms with E-state index in [0.717, 1.165) is 5.69 Å². The highest BCUT2D eigenvalue weighted by Gasteiger charge is 2.29. The zero-order valence-corrected chi connectivity index (χ0v) is 8.79. The molecule has 2 nitrogen and oxygen atoms in total. The van der Waals surface area contributed by atoms with Crippen molar-refractivity contribution in [2.45, 2.75) is 37.4 Å². The smallest absolute Gasteiger partial charge is 0.115 e. The van der Waals surface area contributed by atoms with Gasteiger partial charge in [0.15, 0.2) is 0 Å². The van der Waals surface area contributed by atoms with Gasteiger partial charge in [0, 0.05) is 12.4 Å². The molecular weight excluding hydrogens is 171 g/mol. The van der Waals surface area contributed by atoms with Crippen LogP contribution in [0.5, 0.6) is 0 Å². The first-order chi connectivity index (χ1) is 6.72. The van der Waals surface area contributed by atoms with Gasteiger partial charge < -0.3 is 5.73 Å². The Morgan fingerprint density at radius 2 is 2.00 bits per heavy atom. The maximum atomic E-state index is 5.97. The Labute approximate surface area is 86.3 Å². The van der Waals surface area contributed by atoms with Crippen LogP contribution in [0.4, 0.5) is 5.69 Å². The highest BCUT2D eigenvalue weighted by atomic mass is 14.7. The fourth-order valence-electron chi connectivity index (χ4n) is 2.56. The summed E-state index contributed by atoms with van der Waals surface area (Å²) in [6.07, 6.45) is 10.2. The minimum atomic E-state index is 0.297. The molecular formula is C11H17BN2. The SMILES string of the molecule is BC1(c2ccncc2N)CCCCC1. The van der Waals surface area contributed by atoms with Crippen LogP contribution in [-0.2, 0) is 5.31 Å². The Hall–Kier alpha value is -0.985. The second-order valence-electron chi connectivity index (χ2n) is 4.58. The molecule has 0 saturated heterocycles. The van der Waals surface area contributed by atoms with E-state index in [1.807, 2.05) is 6.20 Å². The summed E-state index contributed by atoms with van der Waals surface area (Å²) in [5.74, 6) is 0. The predicted octanol–water partition coefficient (Wildman–Crippen LogP) is 1.46. The van der Waals surface area contributed by atoms with Crippen LogP contribution in [0, 0.1) is 0 Å². The largest absolute Gasteiger partial charge is 0.397 e. The summed E-state index contributed by atoms with van der Waals surface area (Å²) < 4.78 is 0. The number of hydrogen-bond donors (Lipinski definition) is 1. The number of nitrogens with zero attached hydrogens (tertiary/aromatic N) is 1. The van der Waals surface area contributed by atoms with Crippen molar-refractivity contribution in [3.05, 3.63) is 24.0 Å². The number of nitrogens with two attached hydrogens (primary N) is 1. The Kier molecular flexibility index (Phi) is 2.49. The molecule has 1 fully saturated rings. The van der Waals surface area contributed by atoms with Crippen molar-refractivity contribution >= 4 is 13.5 Å². The second-order valence-corrected chi connectivity index (χ2v) is 4.58. The van der Waals surface area contributed by atoms with Crippen molar-refractivity contribution in [2.75, 3.05) is 5.73 Å². The van der Waals surface area contributed by atoms with Crippen molar-refractivity contribution < 1.29 is 0 Å². The van der Waals surface area contributed by atoms with Gasteiger partial charge in [-0.15, -0.1) is 0 Å². The van der Waals surface area contributed by atoms with Gasteiger partial charge in [-0.2, -0.15) is 0 Å². The minimum Gasteiger partial charge on any atom is -0.397 e. The first-order valence-corrected chi connectivity index (χ1v) is 5.42. The average molecular weight is 188 g/mol. The second kappa shape index (κ2) is 3.64. The lowest BCUT2D eigenvalue weighted by atomic mass is 9.56. The molecule has 0 unspecified atom stereocenters. The van der Waals surface area contributed by atoms with Gasteiger partial charge in [0.25, 0.3) is 0 Å². The lowest BCUT2D eigenvalue weighted by Crippen LogP contribution is -2.30. The van der Waals surface area contributed by atoms with E-state index < -0.39 is 0 Å². The molecule has 1 aromatic rings. The van der Waals surface area contributed by atoms with Crippen molar-refractivity contribution in [3.63, 3.8) is 0 Å². The van der Waals surface area contributed by atoms with E-state index in [0.29, 0.717) is 5.31 Å². The lowest BCUT2D eigenvalue weighted by Gasteiger charge is -2.35. The molecule has 1 heterocycles. The zero-order valence-electron chi connectivity index (χ0n) is 8.79. The summed E-state index contributed by atoms with van der Waals surface area (Å²) in [5, 5.41) is 0.297. The van der Waals surface area contributed by atoms with Gasteiger partial charge in [-0.1, -0.05) is 32.1 Å². The van der Waals surface area contributed by atoms with Crippen LogP contribution >= 0.6 is 0 Å². The fraction of sp³-hybridized carbons (Fsp3) is 0.545. The normalized spacial score (nSPS) is 20.6. The molecule has 0 bridgehead atoms. The molecule has 0 amide bonds. The van der Waals surface area contributed by atoms with Gasteiger partial charge in [-0.25, -0.2) is 0 Å². The van der Waals surface area contributed by atoms with Crippen molar-refractivity contribution in [1.82, 2.24) is 4.98 Å². The van der Waals surface area contributed by atoms with E-state index in [4.69, 9.17) is 5.73 Å². The molecule has 0 aromatic carbocycles. The summed E-state index contributed by atoms with van der Waals surface area (Å²) >= 11 is 0. The number of rotatable bonds is 1. The van der Waals surface area contributed by atoms with Gasteiger partial charge >= 0.3 is 0 Å². The van der Waals surface area contributed by atoms with Gasteiger partial charge in [-0.3, -0.25) is 4.98 Å². The third kappa shape index (κ3) is 1.63. The molecule has 1 aliphatic carbocycles. The van der Waals surface area contributed by atoms with Crippen LogP contribution in [0.15, 0.2) is 18.5 Å². The fourth-order valence-corrected chi connectivity index (χ4v) is 2.56. The number of nitrogen functional groups attached to an aromatic ring is 1. The minimum absolute atomic E-state index is 0.297. The Balaban J connectivity index is 2.32. The summed E-state index contributed by atoms with van der Waals surface area (Å²) in [6, 6.07) is 2.08. The summed E-state index contributed by atoms with van der Waals surface area (Å²) in [6.45, 7) is 0. The van der Waals surface area contributed by atoms with Crippen molar-refractivity contribution in [2.24, 2.45) is 0 Å². The van der Waals surface area contributed by atoms with Gasteiger partial charge in [-0.05, 0) is 16.9 Å². The van der Waals surface area contributed by atoms with Crippen LogP contribution < -0.4 is 5.73 Å². The third-order valence-electron chi connectivity index (χ3n) is 3.46. The average Bonchev–Trinajstić information content (AvgIpc) is 2.19. The number of anilines is 1. The van der Waals surface area contributed by atoms with Crippen LogP contribution in [0.2, 0.25) is 0 Å². The number of hydrogen-bond acceptors (Lipinski definition) is 2.